The molecule has 1 aromatic rings. The minimum atomic E-state index is -0.205. The van der Waals surface area contributed by atoms with Crippen molar-refractivity contribution in [2.75, 3.05) is 12.4 Å². The normalized spacial score (nSPS) is 31.3. The predicted octanol–water partition coefficient (Wildman–Crippen LogP) is 3.08. The third-order valence-corrected chi connectivity index (χ3v) is 6.58. The summed E-state index contributed by atoms with van der Waals surface area (Å²) in [5, 5.41) is 8.91. The lowest BCUT2D eigenvalue weighted by atomic mass is 9.49. The Morgan fingerprint density at radius 3 is 2.04 bits per heavy atom. The van der Waals surface area contributed by atoms with Crippen molar-refractivity contribution in [2.45, 2.75) is 38.5 Å². The smallest absolute Gasteiger partial charge is 0.251 e. The molecule has 1 aromatic carbocycles. The van der Waals surface area contributed by atoms with Gasteiger partial charge in [0, 0.05) is 18.3 Å². The first-order chi connectivity index (χ1) is 12.5. The Morgan fingerprint density at radius 2 is 1.54 bits per heavy atom. The highest BCUT2D eigenvalue weighted by Gasteiger charge is 2.54. The van der Waals surface area contributed by atoms with Gasteiger partial charge in [-0.3, -0.25) is 9.59 Å². The molecule has 0 heterocycles. The zero-order valence-corrected chi connectivity index (χ0v) is 15.8. The van der Waals surface area contributed by atoms with E-state index < -0.39 is 0 Å². The summed E-state index contributed by atoms with van der Waals surface area (Å²) in [5.74, 6) is 2.15. The topological polar surface area (TPSA) is 70.2 Å². The van der Waals surface area contributed by atoms with E-state index in [2.05, 4.69) is 16.0 Å². The molecule has 4 saturated carbocycles. The van der Waals surface area contributed by atoms with Crippen LogP contribution >= 0.6 is 12.2 Å². The molecule has 0 radical (unpaired) electrons. The van der Waals surface area contributed by atoms with Crippen molar-refractivity contribution in [3.05, 3.63) is 29.8 Å². The Morgan fingerprint density at radius 1 is 1.00 bits per heavy atom. The highest BCUT2D eigenvalue weighted by atomic mass is 32.1. The number of nitrogens with one attached hydrogen (secondary N) is 3. The Kier molecular flexibility index (Phi) is 4.47. The largest absolute Gasteiger partial charge is 0.355 e. The molecule has 26 heavy (non-hydrogen) atoms. The standard InChI is InChI=1S/C20H25N3O2S/c1-21-17(24)15-2-4-16(5-3-15)22-19(26)23-18(25)20-9-12-6-13(10-20)8-14(7-12)11-20/h2-5,12-14H,6-11H2,1H3,(H,21,24)(H2,22,23,25,26). The number of thiocarbonyl (C=S) groups is 1. The van der Waals surface area contributed by atoms with Crippen molar-refractivity contribution in [3.63, 3.8) is 0 Å². The molecule has 2 amide bonds. The average Bonchev–Trinajstić information content (AvgIpc) is 2.60. The molecule has 6 heteroatoms. The number of anilines is 1. The van der Waals surface area contributed by atoms with Crippen LogP contribution in [-0.2, 0) is 4.79 Å². The second-order valence-electron chi connectivity index (χ2n) is 8.26. The summed E-state index contributed by atoms with van der Waals surface area (Å²) < 4.78 is 0. The van der Waals surface area contributed by atoms with E-state index in [9.17, 15) is 9.59 Å². The van der Waals surface area contributed by atoms with Crippen LogP contribution in [0.3, 0.4) is 0 Å². The molecule has 5 rings (SSSR count). The lowest BCUT2D eigenvalue weighted by molar-refractivity contribution is -0.144. The van der Waals surface area contributed by atoms with Gasteiger partial charge in [-0.15, -0.1) is 0 Å². The quantitative estimate of drug-likeness (QED) is 0.714. The fraction of sp³-hybridized carbons (Fsp3) is 0.550. The maximum absolute atomic E-state index is 13.0. The van der Waals surface area contributed by atoms with E-state index in [1.807, 2.05) is 0 Å². The molecule has 0 atom stereocenters. The number of rotatable bonds is 3. The molecule has 3 N–H and O–H groups in total. The Labute approximate surface area is 159 Å². The van der Waals surface area contributed by atoms with Crippen molar-refractivity contribution < 1.29 is 9.59 Å². The third-order valence-electron chi connectivity index (χ3n) is 6.38. The van der Waals surface area contributed by atoms with Crippen LogP contribution in [-0.4, -0.2) is 24.0 Å². The predicted molar refractivity (Wildman–Crippen MR) is 105 cm³/mol. The Balaban J connectivity index is 1.37. The van der Waals surface area contributed by atoms with Crippen LogP contribution in [0, 0.1) is 23.2 Å². The van der Waals surface area contributed by atoms with Crippen LogP contribution < -0.4 is 16.0 Å². The highest BCUT2D eigenvalue weighted by molar-refractivity contribution is 7.80. The maximum atomic E-state index is 13.0. The van der Waals surface area contributed by atoms with E-state index in [0.717, 1.165) is 42.7 Å². The number of amides is 2. The summed E-state index contributed by atoms with van der Waals surface area (Å²) in [6, 6.07) is 7.02. The molecule has 0 spiro atoms. The molecule has 4 bridgehead atoms. The molecule has 4 aliphatic carbocycles. The van der Waals surface area contributed by atoms with E-state index >= 15 is 0 Å². The summed E-state index contributed by atoms with van der Waals surface area (Å²) in [6.45, 7) is 0. The van der Waals surface area contributed by atoms with Crippen LogP contribution in [0.15, 0.2) is 24.3 Å². The number of carbonyl (C=O) groups is 2. The molecule has 138 valence electrons. The molecule has 4 fully saturated rings. The van der Waals surface area contributed by atoms with Gasteiger partial charge in [0.1, 0.15) is 0 Å². The van der Waals surface area contributed by atoms with E-state index in [1.165, 1.54) is 19.3 Å². The summed E-state index contributed by atoms with van der Waals surface area (Å²) in [7, 11) is 1.60. The SMILES string of the molecule is CNC(=O)c1ccc(NC(=S)NC(=O)C23CC4CC(CC(C4)C2)C3)cc1. The van der Waals surface area contributed by atoms with Gasteiger partial charge >= 0.3 is 0 Å². The van der Waals surface area contributed by atoms with Gasteiger partial charge in [0.2, 0.25) is 5.91 Å². The van der Waals surface area contributed by atoms with Crippen LogP contribution in [0.5, 0.6) is 0 Å². The van der Waals surface area contributed by atoms with Crippen molar-refractivity contribution in [2.24, 2.45) is 23.2 Å². The van der Waals surface area contributed by atoms with Crippen molar-refractivity contribution in [1.29, 1.82) is 0 Å². The summed E-state index contributed by atoms with van der Waals surface area (Å²) >= 11 is 5.35. The fourth-order valence-corrected chi connectivity index (χ4v) is 5.85. The third kappa shape index (κ3) is 3.22. The van der Waals surface area contributed by atoms with Crippen LogP contribution in [0.2, 0.25) is 0 Å². The second-order valence-corrected chi connectivity index (χ2v) is 8.67. The Bertz CT molecular complexity index is 709. The van der Waals surface area contributed by atoms with Crippen LogP contribution in [0.1, 0.15) is 48.9 Å². The summed E-state index contributed by atoms with van der Waals surface area (Å²) in [5.41, 5.74) is 1.14. The maximum Gasteiger partial charge on any atom is 0.251 e. The fourth-order valence-electron chi connectivity index (χ4n) is 5.64. The average molecular weight is 372 g/mol. The van der Waals surface area contributed by atoms with Gasteiger partial charge < -0.3 is 16.0 Å². The van der Waals surface area contributed by atoms with E-state index in [-0.39, 0.29) is 17.2 Å². The number of hydrogen-bond donors (Lipinski definition) is 3. The molecule has 4 aliphatic rings. The van der Waals surface area contributed by atoms with Crippen LogP contribution in [0.25, 0.3) is 0 Å². The minimum Gasteiger partial charge on any atom is -0.355 e. The van der Waals surface area contributed by atoms with E-state index in [1.54, 1.807) is 31.3 Å². The monoisotopic (exact) mass is 371 g/mol. The molecule has 0 aliphatic heterocycles. The van der Waals surface area contributed by atoms with Crippen molar-refractivity contribution >= 4 is 34.8 Å². The van der Waals surface area contributed by atoms with E-state index in [0.29, 0.717) is 10.7 Å². The van der Waals surface area contributed by atoms with Gasteiger partial charge in [-0.2, -0.15) is 0 Å². The lowest BCUT2D eigenvalue weighted by Gasteiger charge is -2.55. The van der Waals surface area contributed by atoms with Gasteiger partial charge in [0.05, 0.1) is 5.41 Å². The molecular formula is C20H25N3O2S. The molecular weight excluding hydrogens is 346 g/mol. The molecule has 0 saturated heterocycles. The van der Waals surface area contributed by atoms with Gasteiger partial charge in [0.15, 0.2) is 5.11 Å². The second kappa shape index (κ2) is 6.65. The number of carbonyl (C=O) groups excluding carboxylic acids is 2. The van der Waals surface area contributed by atoms with Gasteiger partial charge in [0.25, 0.3) is 5.91 Å². The van der Waals surface area contributed by atoms with Gasteiger partial charge in [-0.25, -0.2) is 0 Å². The minimum absolute atomic E-state index is 0.0936. The number of hydrogen-bond acceptors (Lipinski definition) is 3. The zero-order valence-electron chi connectivity index (χ0n) is 15.0. The van der Waals surface area contributed by atoms with Crippen molar-refractivity contribution in [3.8, 4) is 0 Å². The summed E-state index contributed by atoms with van der Waals surface area (Å²) in [6.07, 6.45) is 7.00. The van der Waals surface area contributed by atoms with Gasteiger partial charge in [-0.05, 0) is 92.8 Å². The van der Waals surface area contributed by atoms with Crippen LogP contribution in [0.4, 0.5) is 5.69 Å². The first-order valence-corrected chi connectivity index (χ1v) is 9.83. The zero-order chi connectivity index (χ0) is 18.3. The first-order valence-electron chi connectivity index (χ1n) is 9.42. The first kappa shape index (κ1) is 17.5. The van der Waals surface area contributed by atoms with Gasteiger partial charge in [-0.1, -0.05) is 0 Å². The highest BCUT2D eigenvalue weighted by Crippen LogP contribution is 2.60. The van der Waals surface area contributed by atoms with E-state index in [4.69, 9.17) is 12.2 Å². The summed E-state index contributed by atoms with van der Waals surface area (Å²) in [4.78, 5) is 24.6. The molecule has 0 aromatic heterocycles. The Hall–Kier alpha value is -1.95. The lowest BCUT2D eigenvalue weighted by Crippen LogP contribution is -2.55. The van der Waals surface area contributed by atoms with Crippen molar-refractivity contribution in [1.82, 2.24) is 10.6 Å². The molecule has 0 unspecified atom stereocenters. The number of benzene rings is 1. The molecule has 5 nitrogen and oxygen atoms in total.